The SMILES string of the molecule is Cn1c(=O)[nH]c(=O)c2c1ncn2CC(=O)N1CCC(Oc2cccc(F)c2)CC1. The summed E-state index contributed by atoms with van der Waals surface area (Å²) in [7, 11) is 1.50. The van der Waals surface area contributed by atoms with E-state index in [4.69, 9.17) is 4.74 Å². The average molecular weight is 401 g/mol. The van der Waals surface area contributed by atoms with E-state index in [1.54, 1.807) is 17.0 Å². The molecular formula is C19H20FN5O4. The van der Waals surface area contributed by atoms with Crippen molar-refractivity contribution in [2.24, 2.45) is 7.05 Å². The zero-order chi connectivity index (χ0) is 20.5. The molecule has 0 atom stereocenters. The number of benzene rings is 1. The molecule has 0 saturated carbocycles. The van der Waals surface area contributed by atoms with Gasteiger partial charge in [-0.05, 0) is 12.1 Å². The second kappa shape index (κ2) is 7.53. The predicted octanol–water partition coefficient (Wildman–Crippen LogP) is 0.632. The molecule has 9 nitrogen and oxygen atoms in total. The molecule has 3 aromatic rings. The fourth-order valence-electron chi connectivity index (χ4n) is 3.51. The lowest BCUT2D eigenvalue weighted by molar-refractivity contribution is -0.133. The van der Waals surface area contributed by atoms with E-state index < -0.39 is 11.2 Å². The van der Waals surface area contributed by atoms with Crippen molar-refractivity contribution in [1.82, 2.24) is 24.0 Å². The van der Waals surface area contributed by atoms with Gasteiger partial charge in [-0.3, -0.25) is 19.1 Å². The molecule has 1 N–H and O–H groups in total. The maximum absolute atomic E-state index is 13.3. The van der Waals surface area contributed by atoms with E-state index in [1.165, 1.54) is 34.6 Å². The Bertz CT molecular complexity index is 1170. The summed E-state index contributed by atoms with van der Waals surface area (Å²) in [6, 6.07) is 6.00. The molecule has 1 fully saturated rings. The summed E-state index contributed by atoms with van der Waals surface area (Å²) in [5, 5.41) is 0. The van der Waals surface area contributed by atoms with Gasteiger partial charge in [0.1, 0.15) is 24.2 Å². The highest BCUT2D eigenvalue weighted by atomic mass is 19.1. The van der Waals surface area contributed by atoms with Crippen molar-refractivity contribution in [3.8, 4) is 5.75 Å². The molecule has 0 bridgehead atoms. The number of hydrogen-bond donors (Lipinski definition) is 1. The number of amides is 1. The second-order valence-corrected chi connectivity index (χ2v) is 7.02. The highest BCUT2D eigenvalue weighted by molar-refractivity contribution is 5.79. The number of carbonyl (C=O) groups is 1. The van der Waals surface area contributed by atoms with Crippen molar-refractivity contribution in [3.63, 3.8) is 0 Å². The topological polar surface area (TPSA) is 102 Å². The largest absolute Gasteiger partial charge is 0.490 e. The van der Waals surface area contributed by atoms with E-state index in [2.05, 4.69) is 9.97 Å². The number of H-pyrrole nitrogens is 1. The molecule has 10 heteroatoms. The number of imidazole rings is 1. The van der Waals surface area contributed by atoms with Crippen LogP contribution in [0.3, 0.4) is 0 Å². The third kappa shape index (κ3) is 3.78. The molecule has 0 aliphatic carbocycles. The number of nitrogens with one attached hydrogen (secondary N) is 1. The summed E-state index contributed by atoms with van der Waals surface area (Å²) >= 11 is 0. The lowest BCUT2D eigenvalue weighted by Gasteiger charge is -2.32. The number of rotatable bonds is 4. The number of likely N-dealkylation sites (tertiary alicyclic amines) is 1. The van der Waals surface area contributed by atoms with Gasteiger partial charge in [0.15, 0.2) is 11.2 Å². The molecule has 1 saturated heterocycles. The number of halogens is 1. The fraction of sp³-hybridized carbons (Fsp3) is 0.368. The Morgan fingerprint density at radius 2 is 2.07 bits per heavy atom. The van der Waals surface area contributed by atoms with Crippen molar-refractivity contribution in [2.75, 3.05) is 13.1 Å². The van der Waals surface area contributed by atoms with E-state index in [1.807, 2.05) is 0 Å². The number of aromatic nitrogens is 4. The van der Waals surface area contributed by atoms with Crippen LogP contribution in [0, 0.1) is 5.82 Å². The Kier molecular flexibility index (Phi) is 4.91. The molecule has 1 aliphatic heterocycles. The quantitative estimate of drug-likeness (QED) is 0.691. The molecule has 1 amide bonds. The summed E-state index contributed by atoms with van der Waals surface area (Å²) < 4.78 is 21.7. The van der Waals surface area contributed by atoms with Gasteiger partial charge in [-0.2, -0.15) is 0 Å². The first-order chi connectivity index (χ1) is 13.9. The van der Waals surface area contributed by atoms with E-state index in [-0.39, 0.29) is 35.5 Å². The Morgan fingerprint density at radius 3 is 2.79 bits per heavy atom. The number of aryl methyl sites for hydroxylation is 1. The van der Waals surface area contributed by atoms with Gasteiger partial charge in [0.2, 0.25) is 5.91 Å². The van der Waals surface area contributed by atoms with Gasteiger partial charge in [-0.25, -0.2) is 14.2 Å². The molecular weight excluding hydrogens is 381 g/mol. The third-order valence-electron chi connectivity index (χ3n) is 5.08. The van der Waals surface area contributed by atoms with Crippen molar-refractivity contribution in [2.45, 2.75) is 25.5 Å². The summed E-state index contributed by atoms with van der Waals surface area (Å²) in [6.07, 6.45) is 2.55. The Balaban J connectivity index is 1.41. The average Bonchev–Trinajstić information content (AvgIpc) is 3.11. The van der Waals surface area contributed by atoms with Gasteiger partial charge in [-0.15, -0.1) is 0 Å². The fourth-order valence-corrected chi connectivity index (χ4v) is 3.51. The van der Waals surface area contributed by atoms with Crippen LogP contribution < -0.4 is 16.0 Å². The highest BCUT2D eigenvalue weighted by Gasteiger charge is 2.25. The van der Waals surface area contributed by atoms with Crippen molar-refractivity contribution >= 4 is 17.1 Å². The van der Waals surface area contributed by atoms with Crippen LogP contribution in [0.1, 0.15) is 12.8 Å². The Morgan fingerprint density at radius 1 is 1.31 bits per heavy atom. The Hall–Kier alpha value is -3.43. The van der Waals surface area contributed by atoms with Gasteiger partial charge in [0.05, 0.1) is 6.33 Å². The lowest BCUT2D eigenvalue weighted by Crippen LogP contribution is -2.43. The first-order valence-corrected chi connectivity index (χ1v) is 9.26. The van der Waals surface area contributed by atoms with Crippen LogP contribution in [0.15, 0.2) is 40.2 Å². The normalized spacial score (nSPS) is 15.0. The van der Waals surface area contributed by atoms with Crippen LogP contribution in [-0.2, 0) is 18.4 Å². The molecule has 29 heavy (non-hydrogen) atoms. The monoisotopic (exact) mass is 401 g/mol. The zero-order valence-corrected chi connectivity index (χ0v) is 15.8. The summed E-state index contributed by atoms with van der Waals surface area (Å²) in [5.74, 6) is -0.0265. The Labute approximate surface area is 164 Å². The smallest absolute Gasteiger partial charge is 0.329 e. The first-order valence-electron chi connectivity index (χ1n) is 9.26. The standard InChI is InChI=1S/C19H20FN5O4/c1-23-17-16(18(27)22-19(23)28)25(11-21-17)10-15(26)24-7-5-13(6-8-24)29-14-4-2-3-12(20)9-14/h2-4,9,11,13H,5-8,10H2,1H3,(H,22,27,28). The minimum Gasteiger partial charge on any atom is -0.490 e. The third-order valence-corrected chi connectivity index (χ3v) is 5.08. The number of aromatic amines is 1. The van der Waals surface area contributed by atoms with Crippen LogP contribution in [0.5, 0.6) is 5.75 Å². The molecule has 0 unspecified atom stereocenters. The van der Waals surface area contributed by atoms with E-state index in [9.17, 15) is 18.8 Å². The van der Waals surface area contributed by atoms with Gasteiger partial charge in [0.25, 0.3) is 5.56 Å². The van der Waals surface area contributed by atoms with E-state index in [0.29, 0.717) is 31.7 Å². The molecule has 4 rings (SSSR count). The minimum atomic E-state index is -0.574. The van der Waals surface area contributed by atoms with Gasteiger partial charge in [-0.1, -0.05) is 6.07 Å². The van der Waals surface area contributed by atoms with Gasteiger partial charge in [0, 0.05) is 39.0 Å². The van der Waals surface area contributed by atoms with Gasteiger partial charge < -0.3 is 14.2 Å². The van der Waals surface area contributed by atoms with Crippen LogP contribution in [0.2, 0.25) is 0 Å². The molecule has 152 valence electrons. The molecule has 2 aromatic heterocycles. The number of piperidine rings is 1. The van der Waals surface area contributed by atoms with Crippen LogP contribution in [0.25, 0.3) is 11.2 Å². The van der Waals surface area contributed by atoms with Crippen LogP contribution in [-0.4, -0.2) is 49.1 Å². The van der Waals surface area contributed by atoms with E-state index in [0.717, 1.165) is 0 Å². The van der Waals surface area contributed by atoms with Crippen molar-refractivity contribution < 1.29 is 13.9 Å². The lowest BCUT2D eigenvalue weighted by atomic mass is 10.1. The summed E-state index contributed by atoms with van der Waals surface area (Å²) in [4.78, 5) is 44.5. The molecule has 0 spiro atoms. The highest BCUT2D eigenvalue weighted by Crippen LogP contribution is 2.20. The molecule has 3 heterocycles. The number of fused-ring (bicyclic) bond motifs is 1. The summed E-state index contributed by atoms with van der Waals surface area (Å²) in [5.41, 5.74) is -0.714. The molecule has 0 radical (unpaired) electrons. The van der Waals surface area contributed by atoms with Crippen LogP contribution >= 0.6 is 0 Å². The van der Waals surface area contributed by atoms with E-state index >= 15 is 0 Å². The zero-order valence-electron chi connectivity index (χ0n) is 15.8. The van der Waals surface area contributed by atoms with Crippen LogP contribution in [0.4, 0.5) is 4.39 Å². The number of nitrogens with zero attached hydrogens (tertiary/aromatic N) is 4. The first kappa shape index (κ1) is 18.9. The van der Waals surface area contributed by atoms with Crippen molar-refractivity contribution in [3.05, 3.63) is 57.2 Å². The number of ether oxygens (including phenoxy) is 1. The maximum Gasteiger partial charge on any atom is 0.329 e. The predicted molar refractivity (Wildman–Crippen MR) is 102 cm³/mol. The number of hydrogen-bond acceptors (Lipinski definition) is 5. The number of carbonyl (C=O) groups excluding carboxylic acids is 1. The maximum atomic E-state index is 13.3. The van der Waals surface area contributed by atoms with Gasteiger partial charge >= 0.3 is 5.69 Å². The van der Waals surface area contributed by atoms with Crippen molar-refractivity contribution in [1.29, 1.82) is 0 Å². The summed E-state index contributed by atoms with van der Waals surface area (Å²) in [6.45, 7) is 0.952. The minimum absolute atomic E-state index is 0.0484. The molecule has 1 aliphatic rings. The second-order valence-electron chi connectivity index (χ2n) is 7.02. The molecule has 1 aromatic carbocycles.